The van der Waals surface area contributed by atoms with Crippen LogP contribution in [0.25, 0.3) is 0 Å². The van der Waals surface area contributed by atoms with Crippen molar-refractivity contribution in [1.29, 1.82) is 0 Å². The first-order valence-corrected chi connectivity index (χ1v) is 5.51. The Labute approximate surface area is 106 Å². The lowest BCUT2D eigenvalue weighted by atomic mass is 10.2. The number of nitrogens with zero attached hydrogens (tertiary/aromatic N) is 1. The van der Waals surface area contributed by atoms with E-state index >= 15 is 0 Å². The molecule has 0 fully saturated rings. The Morgan fingerprint density at radius 2 is 1.06 bits per heavy atom. The summed E-state index contributed by atoms with van der Waals surface area (Å²) in [5.74, 6) is 1.50. The van der Waals surface area contributed by atoms with Crippen molar-refractivity contribution in [2.24, 2.45) is 0 Å². The van der Waals surface area contributed by atoms with Crippen LogP contribution in [0.4, 0.5) is 11.4 Å². The number of benzene rings is 2. The van der Waals surface area contributed by atoms with E-state index in [2.05, 4.69) is 0 Å². The van der Waals surface area contributed by atoms with Gasteiger partial charge in [-0.1, -0.05) is 0 Å². The summed E-state index contributed by atoms with van der Waals surface area (Å²) in [7, 11) is 3.21. The lowest BCUT2D eigenvalue weighted by Gasteiger charge is -2.17. The average Bonchev–Trinajstić information content (AvgIpc) is 2.47. The van der Waals surface area contributed by atoms with Crippen molar-refractivity contribution in [3.63, 3.8) is 0 Å². The third kappa shape index (κ3) is 2.55. The van der Waals surface area contributed by atoms with E-state index in [-0.39, 0.29) is 0 Å². The maximum Gasteiger partial charge on any atom is 0.119 e. The topological polar surface area (TPSA) is 41.9 Å². The molecule has 0 amide bonds. The first kappa shape index (κ1) is 12.3. The van der Waals surface area contributed by atoms with Crippen LogP contribution in [0.1, 0.15) is 0 Å². The van der Waals surface area contributed by atoms with Crippen molar-refractivity contribution in [3.8, 4) is 11.5 Å². The Morgan fingerprint density at radius 3 is 1.33 bits per heavy atom. The van der Waals surface area contributed by atoms with E-state index < -0.39 is 0 Å². The van der Waals surface area contributed by atoms with Gasteiger partial charge in [0.2, 0.25) is 0 Å². The fourth-order valence-electron chi connectivity index (χ4n) is 1.60. The summed E-state index contributed by atoms with van der Waals surface area (Å²) in [5, 5.41) is 11.2. The van der Waals surface area contributed by atoms with Crippen LogP contribution >= 0.6 is 0 Å². The van der Waals surface area contributed by atoms with Crippen LogP contribution in [0, 0.1) is 0 Å². The standard InChI is InChI=1S/C14H15NO3/c1-17-13-7-3-11(4-8-13)15(16)12-5-9-14(18-2)10-6-12/h3-10,16H,1-2H3. The molecule has 0 aliphatic heterocycles. The number of anilines is 2. The van der Waals surface area contributed by atoms with E-state index in [1.165, 1.54) is 0 Å². The summed E-state index contributed by atoms with van der Waals surface area (Å²) >= 11 is 0. The average molecular weight is 245 g/mol. The summed E-state index contributed by atoms with van der Waals surface area (Å²) in [4.78, 5) is 0. The van der Waals surface area contributed by atoms with E-state index in [1.54, 1.807) is 62.8 Å². The third-order valence-corrected chi connectivity index (χ3v) is 2.63. The van der Waals surface area contributed by atoms with Crippen molar-refractivity contribution in [1.82, 2.24) is 0 Å². The highest BCUT2D eigenvalue weighted by Gasteiger charge is 2.06. The van der Waals surface area contributed by atoms with E-state index in [9.17, 15) is 5.21 Å². The van der Waals surface area contributed by atoms with Crippen molar-refractivity contribution in [2.75, 3.05) is 19.3 Å². The van der Waals surface area contributed by atoms with Gasteiger partial charge in [0.1, 0.15) is 11.5 Å². The number of rotatable bonds is 4. The van der Waals surface area contributed by atoms with Gasteiger partial charge in [-0.3, -0.25) is 5.21 Å². The quantitative estimate of drug-likeness (QED) is 0.840. The maximum absolute atomic E-state index is 10.1. The van der Waals surface area contributed by atoms with Gasteiger partial charge in [-0.25, -0.2) is 5.06 Å². The molecule has 0 radical (unpaired) electrons. The Kier molecular flexibility index (Phi) is 3.69. The van der Waals surface area contributed by atoms with Gasteiger partial charge in [0, 0.05) is 0 Å². The van der Waals surface area contributed by atoms with Crippen molar-refractivity contribution in [2.45, 2.75) is 0 Å². The van der Waals surface area contributed by atoms with Gasteiger partial charge >= 0.3 is 0 Å². The van der Waals surface area contributed by atoms with Gasteiger partial charge in [0.25, 0.3) is 0 Å². The molecule has 0 aliphatic carbocycles. The summed E-state index contributed by atoms with van der Waals surface area (Å²) in [5.41, 5.74) is 1.34. The summed E-state index contributed by atoms with van der Waals surface area (Å²) in [6.45, 7) is 0. The van der Waals surface area contributed by atoms with E-state index in [4.69, 9.17) is 9.47 Å². The fourth-order valence-corrected chi connectivity index (χ4v) is 1.60. The molecule has 0 unspecified atom stereocenters. The van der Waals surface area contributed by atoms with Crippen LogP contribution in [0.5, 0.6) is 11.5 Å². The van der Waals surface area contributed by atoms with Crippen LogP contribution in [-0.4, -0.2) is 19.4 Å². The van der Waals surface area contributed by atoms with Crippen LogP contribution in [0.15, 0.2) is 48.5 Å². The van der Waals surface area contributed by atoms with Crippen LogP contribution < -0.4 is 14.5 Å². The predicted molar refractivity (Wildman–Crippen MR) is 69.9 cm³/mol. The normalized spacial score (nSPS) is 9.94. The molecule has 94 valence electrons. The molecule has 2 rings (SSSR count). The predicted octanol–water partition coefficient (Wildman–Crippen LogP) is 3.23. The molecule has 0 heterocycles. The van der Waals surface area contributed by atoms with Gasteiger partial charge in [-0.15, -0.1) is 0 Å². The highest BCUT2D eigenvalue weighted by molar-refractivity contribution is 5.61. The molecular formula is C14H15NO3. The molecule has 0 saturated carbocycles. The molecule has 2 aromatic carbocycles. The second kappa shape index (κ2) is 5.42. The van der Waals surface area contributed by atoms with Gasteiger partial charge in [0.15, 0.2) is 0 Å². The lowest BCUT2D eigenvalue weighted by Crippen LogP contribution is -2.10. The van der Waals surface area contributed by atoms with E-state index in [0.29, 0.717) is 11.4 Å². The lowest BCUT2D eigenvalue weighted by molar-refractivity contribution is 0.300. The zero-order chi connectivity index (χ0) is 13.0. The zero-order valence-electron chi connectivity index (χ0n) is 10.3. The molecule has 0 spiro atoms. The van der Waals surface area contributed by atoms with Gasteiger partial charge < -0.3 is 9.47 Å². The molecule has 18 heavy (non-hydrogen) atoms. The van der Waals surface area contributed by atoms with Crippen molar-refractivity contribution >= 4 is 11.4 Å². The minimum absolute atomic E-state index is 0.668. The van der Waals surface area contributed by atoms with Gasteiger partial charge in [-0.2, -0.15) is 0 Å². The smallest absolute Gasteiger partial charge is 0.119 e. The van der Waals surface area contributed by atoms with Crippen LogP contribution in [0.3, 0.4) is 0 Å². The number of ether oxygens (including phenoxy) is 2. The Morgan fingerprint density at radius 1 is 0.722 bits per heavy atom. The van der Waals surface area contributed by atoms with Crippen molar-refractivity contribution in [3.05, 3.63) is 48.5 Å². The molecule has 4 nitrogen and oxygen atoms in total. The molecule has 0 atom stereocenters. The molecule has 0 aromatic heterocycles. The highest BCUT2D eigenvalue weighted by atomic mass is 16.5. The number of hydrogen-bond donors (Lipinski definition) is 1. The maximum atomic E-state index is 10.1. The summed E-state index contributed by atoms with van der Waals surface area (Å²) in [6, 6.07) is 14.3. The largest absolute Gasteiger partial charge is 0.497 e. The second-order valence-electron chi connectivity index (χ2n) is 3.71. The highest BCUT2D eigenvalue weighted by Crippen LogP contribution is 2.26. The second-order valence-corrected chi connectivity index (χ2v) is 3.71. The molecule has 1 N–H and O–H groups in total. The first-order valence-electron chi connectivity index (χ1n) is 5.51. The minimum Gasteiger partial charge on any atom is -0.497 e. The number of methoxy groups -OCH3 is 2. The third-order valence-electron chi connectivity index (χ3n) is 2.63. The van der Waals surface area contributed by atoms with Crippen LogP contribution in [-0.2, 0) is 0 Å². The molecule has 0 bridgehead atoms. The SMILES string of the molecule is COc1ccc(N(O)c2ccc(OC)cc2)cc1. The molecule has 2 aromatic rings. The molecule has 0 aliphatic rings. The van der Waals surface area contributed by atoms with E-state index in [0.717, 1.165) is 16.6 Å². The summed E-state index contributed by atoms with van der Waals surface area (Å²) in [6.07, 6.45) is 0. The van der Waals surface area contributed by atoms with E-state index in [1.807, 2.05) is 0 Å². The molecule has 4 heteroatoms. The first-order chi connectivity index (χ1) is 8.74. The molecule has 0 saturated heterocycles. The van der Waals surface area contributed by atoms with Crippen LogP contribution in [0.2, 0.25) is 0 Å². The van der Waals surface area contributed by atoms with Gasteiger partial charge in [-0.05, 0) is 48.5 Å². The zero-order valence-corrected chi connectivity index (χ0v) is 10.3. The molecular weight excluding hydrogens is 230 g/mol. The number of hydrogen-bond acceptors (Lipinski definition) is 4. The fraction of sp³-hybridized carbons (Fsp3) is 0.143. The Bertz CT molecular complexity index is 446. The summed E-state index contributed by atoms with van der Waals surface area (Å²) < 4.78 is 10.1. The van der Waals surface area contributed by atoms with Gasteiger partial charge in [0.05, 0.1) is 25.6 Å². The van der Waals surface area contributed by atoms with Crippen molar-refractivity contribution < 1.29 is 14.7 Å². The Balaban J connectivity index is 2.20. The monoisotopic (exact) mass is 245 g/mol. The minimum atomic E-state index is 0.668. The Hall–Kier alpha value is -2.20.